The second-order valence-electron chi connectivity index (χ2n) is 2.96. The minimum atomic E-state index is 0.0244. The number of carbonyl (C=O) groups is 1. The van der Waals surface area contributed by atoms with Gasteiger partial charge in [0.05, 0.1) is 15.8 Å². The zero-order chi connectivity index (χ0) is 9.42. The van der Waals surface area contributed by atoms with Crippen LogP contribution in [-0.4, -0.2) is 24.9 Å². The van der Waals surface area contributed by atoms with Gasteiger partial charge in [0.2, 0.25) is 0 Å². The van der Waals surface area contributed by atoms with Gasteiger partial charge in [-0.05, 0) is 6.07 Å². The zero-order valence-electron chi connectivity index (χ0n) is 7.40. The minimum Gasteiger partial charge on any atom is -0.463 e. The van der Waals surface area contributed by atoms with Crippen molar-refractivity contribution in [2.75, 3.05) is 14.1 Å². The Morgan fingerprint density at radius 1 is 1.54 bits per heavy atom. The van der Waals surface area contributed by atoms with Crippen molar-refractivity contribution < 1.29 is 9.21 Å². The molecule has 3 nitrogen and oxygen atoms in total. The van der Waals surface area contributed by atoms with Crippen LogP contribution in [0.15, 0.2) is 22.8 Å². The smallest absolute Gasteiger partial charge is 0.263 e. The van der Waals surface area contributed by atoms with Gasteiger partial charge in [-0.3, -0.25) is 4.79 Å². The molecule has 4 heteroatoms. The second kappa shape index (κ2) is 2.88. The zero-order valence-corrected chi connectivity index (χ0v) is 8.22. The molecule has 13 heavy (non-hydrogen) atoms. The fraction of sp³-hybridized carbons (Fsp3) is 0.222. The number of furan rings is 1. The SMILES string of the molecule is CN(C)C(=O)c1cc2occc2s1. The molecule has 0 radical (unpaired) electrons. The lowest BCUT2D eigenvalue weighted by atomic mass is 10.4. The highest BCUT2D eigenvalue weighted by Gasteiger charge is 2.12. The molecule has 0 bridgehead atoms. The van der Waals surface area contributed by atoms with Crippen LogP contribution in [0.25, 0.3) is 10.3 Å². The van der Waals surface area contributed by atoms with Gasteiger partial charge in [0.25, 0.3) is 5.91 Å². The number of fused-ring (bicyclic) bond motifs is 1. The van der Waals surface area contributed by atoms with Crippen LogP contribution in [0.1, 0.15) is 9.67 Å². The summed E-state index contributed by atoms with van der Waals surface area (Å²) < 4.78 is 6.19. The lowest BCUT2D eigenvalue weighted by Crippen LogP contribution is -2.20. The lowest BCUT2D eigenvalue weighted by Gasteiger charge is -2.06. The first-order valence-corrected chi connectivity index (χ1v) is 4.69. The van der Waals surface area contributed by atoms with Gasteiger partial charge in [0, 0.05) is 20.2 Å². The third-order valence-electron chi connectivity index (χ3n) is 1.76. The Bertz CT molecular complexity index is 413. The Morgan fingerprint density at radius 2 is 2.31 bits per heavy atom. The van der Waals surface area contributed by atoms with Gasteiger partial charge in [-0.2, -0.15) is 0 Å². The summed E-state index contributed by atoms with van der Waals surface area (Å²) in [5.41, 5.74) is 0.787. The largest absolute Gasteiger partial charge is 0.463 e. The molecule has 0 atom stereocenters. The van der Waals surface area contributed by atoms with Crippen LogP contribution < -0.4 is 0 Å². The Hall–Kier alpha value is -1.29. The molecule has 2 aromatic rings. The second-order valence-corrected chi connectivity index (χ2v) is 4.04. The van der Waals surface area contributed by atoms with E-state index in [0.717, 1.165) is 15.2 Å². The van der Waals surface area contributed by atoms with Crippen LogP contribution >= 0.6 is 11.3 Å². The van der Waals surface area contributed by atoms with Gasteiger partial charge < -0.3 is 9.32 Å². The molecule has 0 aliphatic heterocycles. The predicted molar refractivity (Wildman–Crippen MR) is 52.1 cm³/mol. The van der Waals surface area contributed by atoms with Gasteiger partial charge in [-0.25, -0.2) is 0 Å². The van der Waals surface area contributed by atoms with Gasteiger partial charge in [-0.1, -0.05) is 0 Å². The van der Waals surface area contributed by atoms with Crippen LogP contribution in [0.5, 0.6) is 0 Å². The van der Waals surface area contributed by atoms with E-state index in [2.05, 4.69) is 0 Å². The predicted octanol–water partition coefficient (Wildman–Crippen LogP) is 2.20. The molecule has 0 N–H and O–H groups in total. The van der Waals surface area contributed by atoms with Crippen LogP contribution in [-0.2, 0) is 0 Å². The Kier molecular flexibility index (Phi) is 1.84. The number of hydrogen-bond acceptors (Lipinski definition) is 3. The molecule has 0 saturated carbocycles. The molecule has 0 saturated heterocycles. The average Bonchev–Trinajstić information content (AvgIpc) is 2.59. The summed E-state index contributed by atoms with van der Waals surface area (Å²) in [5, 5.41) is 0. The molecule has 0 aromatic carbocycles. The molecule has 68 valence electrons. The Balaban J connectivity index is 2.45. The molecule has 0 fully saturated rings. The van der Waals surface area contributed by atoms with E-state index in [1.54, 1.807) is 31.3 Å². The van der Waals surface area contributed by atoms with Crippen LogP contribution in [0.3, 0.4) is 0 Å². The van der Waals surface area contributed by atoms with Crippen molar-refractivity contribution in [1.82, 2.24) is 4.90 Å². The highest BCUT2D eigenvalue weighted by atomic mass is 32.1. The number of thiophene rings is 1. The fourth-order valence-corrected chi connectivity index (χ4v) is 2.10. The van der Waals surface area contributed by atoms with Gasteiger partial charge in [-0.15, -0.1) is 11.3 Å². The van der Waals surface area contributed by atoms with E-state index in [4.69, 9.17) is 4.42 Å². The summed E-state index contributed by atoms with van der Waals surface area (Å²) in [6, 6.07) is 3.65. The molecule has 0 aliphatic carbocycles. The maximum absolute atomic E-state index is 11.5. The molecule has 0 spiro atoms. The third kappa shape index (κ3) is 1.33. The molecule has 0 unspecified atom stereocenters. The van der Waals surface area contributed by atoms with E-state index in [1.807, 2.05) is 6.07 Å². The highest BCUT2D eigenvalue weighted by molar-refractivity contribution is 7.20. The molecule has 0 aliphatic rings. The Morgan fingerprint density at radius 3 is 2.92 bits per heavy atom. The maximum atomic E-state index is 11.5. The van der Waals surface area contributed by atoms with Crippen LogP contribution in [0.2, 0.25) is 0 Å². The first kappa shape index (κ1) is 8.31. The number of amides is 1. The summed E-state index contributed by atoms with van der Waals surface area (Å²) in [6.45, 7) is 0. The summed E-state index contributed by atoms with van der Waals surface area (Å²) in [7, 11) is 3.48. The first-order valence-electron chi connectivity index (χ1n) is 3.87. The van der Waals surface area contributed by atoms with Gasteiger partial charge in [0.1, 0.15) is 5.58 Å². The minimum absolute atomic E-state index is 0.0244. The number of nitrogens with zero attached hydrogens (tertiary/aromatic N) is 1. The standard InChI is InChI=1S/C9H9NO2S/c1-10(2)9(11)8-5-6-7(13-8)3-4-12-6/h3-5H,1-2H3. The van der Waals surface area contributed by atoms with E-state index in [1.165, 1.54) is 11.3 Å². The van der Waals surface area contributed by atoms with Crippen molar-refractivity contribution in [3.8, 4) is 0 Å². The number of carbonyl (C=O) groups excluding carboxylic acids is 1. The van der Waals surface area contributed by atoms with Crippen molar-refractivity contribution in [3.63, 3.8) is 0 Å². The highest BCUT2D eigenvalue weighted by Crippen LogP contribution is 2.26. The summed E-state index contributed by atoms with van der Waals surface area (Å²) >= 11 is 1.46. The Labute approximate surface area is 79.6 Å². The van der Waals surface area contributed by atoms with Crippen molar-refractivity contribution in [3.05, 3.63) is 23.3 Å². The number of rotatable bonds is 1. The maximum Gasteiger partial charge on any atom is 0.263 e. The number of hydrogen-bond donors (Lipinski definition) is 0. The van der Waals surface area contributed by atoms with Crippen molar-refractivity contribution in [2.45, 2.75) is 0 Å². The van der Waals surface area contributed by atoms with Crippen LogP contribution in [0, 0.1) is 0 Å². The van der Waals surface area contributed by atoms with E-state index >= 15 is 0 Å². The van der Waals surface area contributed by atoms with Crippen molar-refractivity contribution >= 4 is 27.5 Å². The quantitative estimate of drug-likeness (QED) is 0.699. The molecule has 1 amide bonds. The first-order chi connectivity index (χ1) is 6.18. The van der Waals surface area contributed by atoms with Crippen molar-refractivity contribution in [1.29, 1.82) is 0 Å². The van der Waals surface area contributed by atoms with Gasteiger partial charge >= 0.3 is 0 Å². The molecular weight excluding hydrogens is 186 g/mol. The van der Waals surface area contributed by atoms with E-state index in [9.17, 15) is 4.79 Å². The van der Waals surface area contributed by atoms with E-state index < -0.39 is 0 Å². The van der Waals surface area contributed by atoms with E-state index in [-0.39, 0.29) is 5.91 Å². The third-order valence-corrected chi connectivity index (χ3v) is 2.83. The summed E-state index contributed by atoms with van der Waals surface area (Å²) in [6.07, 6.45) is 1.63. The molecular formula is C9H9NO2S. The summed E-state index contributed by atoms with van der Waals surface area (Å²) in [4.78, 5) is 13.8. The van der Waals surface area contributed by atoms with Crippen molar-refractivity contribution in [2.24, 2.45) is 0 Å². The normalized spacial score (nSPS) is 10.6. The lowest BCUT2D eigenvalue weighted by molar-refractivity contribution is 0.0832. The molecule has 2 heterocycles. The molecule has 2 aromatic heterocycles. The van der Waals surface area contributed by atoms with E-state index in [0.29, 0.717) is 0 Å². The topological polar surface area (TPSA) is 33.5 Å². The van der Waals surface area contributed by atoms with Gasteiger partial charge in [0.15, 0.2) is 0 Å². The van der Waals surface area contributed by atoms with Crippen LogP contribution in [0.4, 0.5) is 0 Å². The summed E-state index contributed by atoms with van der Waals surface area (Å²) in [5.74, 6) is 0.0244. The fourth-order valence-electron chi connectivity index (χ4n) is 1.09. The average molecular weight is 195 g/mol. The monoisotopic (exact) mass is 195 g/mol. The molecule has 2 rings (SSSR count).